The molecule has 0 saturated heterocycles. The maximum Gasteiger partial charge on any atom is 0.251 e. The third kappa shape index (κ3) is 5.68. The Bertz CT molecular complexity index is 888. The van der Waals surface area contributed by atoms with Crippen LogP contribution in [0.25, 0.3) is 5.69 Å². The Labute approximate surface area is 170 Å². The molecule has 0 fully saturated rings. The SMILES string of the molecule is CCCCNC(=O)c1ccc(CNCc2cnn(-c3ccc(Cl)cc3)c2)cc1. The summed E-state index contributed by atoms with van der Waals surface area (Å²) in [7, 11) is 0. The van der Waals surface area contributed by atoms with Crippen LogP contribution in [0.5, 0.6) is 0 Å². The van der Waals surface area contributed by atoms with Gasteiger partial charge in [-0.05, 0) is 48.4 Å². The Morgan fingerprint density at radius 1 is 1.04 bits per heavy atom. The van der Waals surface area contributed by atoms with Crippen LogP contribution in [0.15, 0.2) is 60.9 Å². The molecule has 0 aliphatic heterocycles. The maximum absolute atomic E-state index is 12.0. The number of amides is 1. The first-order chi connectivity index (χ1) is 13.7. The van der Waals surface area contributed by atoms with Crippen LogP contribution in [0.3, 0.4) is 0 Å². The van der Waals surface area contributed by atoms with Gasteiger partial charge in [-0.3, -0.25) is 4.79 Å². The molecule has 3 rings (SSSR count). The Hall–Kier alpha value is -2.63. The van der Waals surface area contributed by atoms with Crippen molar-refractivity contribution in [2.45, 2.75) is 32.9 Å². The van der Waals surface area contributed by atoms with Gasteiger partial charge in [-0.25, -0.2) is 4.68 Å². The minimum Gasteiger partial charge on any atom is -0.352 e. The number of carbonyl (C=O) groups is 1. The van der Waals surface area contributed by atoms with Crippen LogP contribution in [0.2, 0.25) is 5.02 Å². The number of halogens is 1. The normalized spacial score (nSPS) is 10.8. The fourth-order valence-corrected chi connectivity index (χ4v) is 2.92. The van der Waals surface area contributed by atoms with Gasteiger partial charge < -0.3 is 10.6 Å². The van der Waals surface area contributed by atoms with Gasteiger partial charge in [0.15, 0.2) is 0 Å². The molecule has 2 N–H and O–H groups in total. The summed E-state index contributed by atoms with van der Waals surface area (Å²) in [5, 5.41) is 11.4. The van der Waals surface area contributed by atoms with Crippen molar-refractivity contribution in [2.75, 3.05) is 6.54 Å². The molecule has 0 aliphatic rings. The molecule has 0 aliphatic carbocycles. The van der Waals surface area contributed by atoms with Gasteiger partial charge in [0.25, 0.3) is 5.91 Å². The van der Waals surface area contributed by atoms with E-state index < -0.39 is 0 Å². The van der Waals surface area contributed by atoms with Gasteiger partial charge in [-0.1, -0.05) is 37.1 Å². The Kier molecular flexibility index (Phi) is 7.23. The minimum absolute atomic E-state index is 0.0115. The van der Waals surface area contributed by atoms with Crippen LogP contribution in [0.1, 0.15) is 41.3 Å². The van der Waals surface area contributed by atoms with Crippen molar-refractivity contribution in [1.82, 2.24) is 20.4 Å². The van der Waals surface area contributed by atoms with Gasteiger partial charge in [-0.15, -0.1) is 0 Å². The monoisotopic (exact) mass is 396 g/mol. The van der Waals surface area contributed by atoms with E-state index in [1.165, 1.54) is 0 Å². The van der Waals surface area contributed by atoms with Crippen LogP contribution in [0.4, 0.5) is 0 Å². The van der Waals surface area contributed by atoms with E-state index in [4.69, 9.17) is 11.6 Å². The van der Waals surface area contributed by atoms with E-state index in [1.54, 1.807) is 0 Å². The van der Waals surface area contributed by atoms with Gasteiger partial charge in [0.05, 0.1) is 11.9 Å². The number of unbranched alkanes of at least 4 members (excludes halogenated alkanes) is 1. The average molecular weight is 397 g/mol. The lowest BCUT2D eigenvalue weighted by Gasteiger charge is -2.07. The number of benzene rings is 2. The quantitative estimate of drug-likeness (QED) is 0.529. The van der Waals surface area contributed by atoms with Crippen molar-refractivity contribution in [1.29, 1.82) is 0 Å². The summed E-state index contributed by atoms with van der Waals surface area (Å²) in [6.45, 7) is 4.27. The van der Waals surface area contributed by atoms with Crippen LogP contribution in [-0.4, -0.2) is 22.2 Å². The van der Waals surface area contributed by atoms with Crippen molar-refractivity contribution in [3.8, 4) is 5.69 Å². The lowest BCUT2D eigenvalue weighted by molar-refractivity contribution is 0.0953. The summed E-state index contributed by atoms with van der Waals surface area (Å²) >= 11 is 5.92. The van der Waals surface area contributed by atoms with E-state index in [-0.39, 0.29) is 5.91 Å². The van der Waals surface area contributed by atoms with Gasteiger partial charge in [0.2, 0.25) is 0 Å². The average Bonchev–Trinajstić information content (AvgIpc) is 3.18. The summed E-state index contributed by atoms with van der Waals surface area (Å²) in [5.74, 6) is -0.0115. The first-order valence-corrected chi connectivity index (χ1v) is 9.91. The fourth-order valence-electron chi connectivity index (χ4n) is 2.79. The molecule has 28 heavy (non-hydrogen) atoms. The summed E-state index contributed by atoms with van der Waals surface area (Å²) in [5.41, 5.74) is 3.91. The molecule has 146 valence electrons. The van der Waals surface area contributed by atoms with Crippen LogP contribution in [0, 0.1) is 0 Å². The van der Waals surface area contributed by atoms with E-state index in [1.807, 2.05) is 65.6 Å². The van der Waals surface area contributed by atoms with E-state index in [0.29, 0.717) is 17.1 Å². The summed E-state index contributed by atoms with van der Waals surface area (Å²) in [6.07, 6.45) is 5.93. The molecule has 0 bridgehead atoms. The predicted octanol–water partition coefficient (Wildman–Crippen LogP) is 4.35. The minimum atomic E-state index is -0.0115. The lowest BCUT2D eigenvalue weighted by Crippen LogP contribution is -2.24. The third-order valence-corrected chi connectivity index (χ3v) is 4.67. The maximum atomic E-state index is 12.0. The van der Waals surface area contributed by atoms with Crippen molar-refractivity contribution in [2.24, 2.45) is 0 Å². The number of hydrogen-bond donors (Lipinski definition) is 2. The van der Waals surface area contributed by atoms with Crippen LogP contribution >= 0.6 is 11.6 Å². The van der Waals surface area contributed by atoms with Crippen LogP contribution in [-0.2, 0) is 13.1 Å². The largest absolute Gasteiger partial charge is 0.352 e. The number of aromatic nitrogens is 2. The second-order valence-electron chi connectivity index (χ2n) is 6.68. The van der Waals surface area contributed by atoms with Crippen molar-refractivity contribution >= 4 is 17.5 Å². The van der Waals surface area contributed by atoms with Gasteiger partial charge in [0, 0.05) is 42.0 Å². The van der Waals surface area contributed by atoms with Gasteiger partial charge in [-0.2, -0.15) is 5.10 Å². The highest BCUT2D eigenvalue weighted by molar-refractivity contribution is 6.30. The predicted molar refractivity (Wildman–Crippen MR) is 113 cm³/mol. The first-order valence-electron chi connectivity index (χ1n) is 9.53. The number of nitrogens with one attached hydrogen (secondary N) is 2. The van der Waals surface area contributed by atoms with E-state index in [2.05, 4.69) is 22.7 Å². The lowest BCUT2D eigenvalue weighted by atomic mass is 10.1. The Balaban J connectivity index is 1.47. The van der Waals surface area contributed by atoms with E-state index in [9.17, 15) is 4.79 Å². The second kappa shape index (κ2) is 10.1. The zero-order chi connectivity index (χ0) is 19.8. The molecular weight excluding hydrogens is 372 g/mol. The molecule has 2 aromatic carbocycles. The molecule has 0 saturated carbocycles. The molecule has 5 nitrogen and oxygen atoms in total. The van der Waals surface area contributed by atoms with E-state index in [0.717, 1.165) is 42.7 Å². The zero-order valence-corrected chi connectivity index (χ0v) is 16.7. The van der Waals surface area contributed by atoms with Crippen molar-refractivity contribution in [3.63, 3.8) is 0 Å². The first kappa shape index (κ1) is 20.1. The number of rotatable bonds is 9. The molecule has 3 aromatic rings. The third-order valence-electron chi connectivity index (χ3n) is 4.42. The summed E-state index contributed by atoms with van der Waals surface area (Å²) in [6, 6.07) is 15.3. The number of carbonyl (C=O) groups excluding carboxylic acids is 1. The standard InChI is InChI=1S/C22H25ClN4O/c1-2-3-12-25-22(28)19-6-4-17(5-7-19)13-24-14-18-15-26-27(16-18)21-10-8-20(23)9-11-21/h4-11,15-16,24H,2-3,12-14H2,1H3,(H,25,28). The van der Waals surface area contributed by atoms with Gasteiger partial charge in [0.1, 0.15) is 0 Å². The second-order valence-corrected chi connectivity index (χ2v) is 7.12. The fraction of sp³-hybridized carbons (Fsp3) is 0.273. The molecule has 1 amide bonds. The van der Waals surface area contributed by atoms with Crippen LogP contribution < -0.4 is 10.6 Å². The Morgan fingerprint density at radius 2 is 1.75 bits per heavy atom. The highest BCUT2D eigenvalue weighted by atomic mass is 35.5. The molecule has 0 radical (unpaired) electrons. The highest BCUT2D eigenvalue weighted by Crippen LogP contribution is 2.13. The molecule has 1 heterocycles. The van der Waals surface area contributed by atoms with E-state index >= 15 is 0 Å². The Morgan fingerprint density at radius 3 is 2.46 bits per heavy atom. The summed E-state index contributed by atoms with van der Waals surface area (Å²) < 4.78 is 1.83. The summed E-state index contributed by atoms with van der Waals surface area (Å²) in [4.78, 5) is 12.0. The number of hydrogen-bond acceptors (Lipinski definition) is 3. The number of nitrogens with zero attached hydrogens (tertiary/aromatic N) is 2. The van der Waals surface area contributed by atoms with Crippen molar-refractivity contribution in [3.05, 3.63) is 82.6 Å². The topological polar surface area (TPSA) is 59.0 Å². The highest BCUT2D eigenvalue weighted by Gasteiger charge is 2.05. The molecular formula is C22H25ClN4O. The molecule has 6 heteroatoms. The smallest absolute Gasteiger partial charge is 0.251 e. The molecule has 1 aromatic heterocycles. The van der Waals surface area contributed by atoms with Crippen molar-refractivity contribution < 1.29 is 4.79 Å². The van der Waals surface area contributed by atoms with Gasteiger partial charge >= 0.3 is 0 Å². The molecule has 0 unspecified atom stereocenters. The molecule has 0 spiro atoms. The molecule has 0 atom stereocenters. The zero-order valence-electron chi connectivity index (χ0n) is 16.0.